The van der Waals surface area contributed by atoms with Crippen LogP contribution in [0.2, 0.25) is 0 Å². The number of carbonyl (C=O) groups excluding carboxylic acids is 1. The van der Waals surface area contributed by atoms with E-state index in [1.165, 1.54) is 43.6 Å². The van der Waals surface area contributed by atoms with Crippen LogP contribution in [-0.2, 0) is 27.2 Å². The van der Waals surface area contributed by atoms with Gasteiger partial charge in [0.25, 0.3) is 0 Å². The molecule has 16 heteroatoms. The molecule has 4 atom stereocenters. The number of anilines is 1. The summed E-state index contributed by atoms with van der Waals surface area (Å²) in [5.41, 5.74) is -0.0796. The largest absolute Gasteiger partial charge is 0.416 e. The monoisotopic (exact) mass is 637 g/mol. The van der Waals surface area contributed by atoms with Crippen molar-refractivity contribution >= 4 is 32.8 Å². The van der Waals surface area contributed by atoms with E-state index in [-0.39, 0.29) is 40.9 Å². The number of fused-ring (bicyclic) bond motifs is 1. The number of benzene rings is 2. The first kappa shape index (κ1) is 31.5. The molecule has 5 rings (SSSR count). The Balaban J connectivity index is 1.47. The number of nitrogens with zero attached hydrogens (tertiary/aromatic N) is 3. The molecule has 1 saturated carbocycles. The van der Waals surface area contributed by atoms with Crippen molar-refractivity contribution in [1.82, 2.24) is 14.5 Å². The zero-order valence-electron chi connectivity index (χ0n) is 23.0. The number of nitrogens with two attached hydrogens (primary N) is 1. The SMILES string of the molecule is Cc1c(Cn2cc(C(=O)c3cncnc3N[C@@H]3C[C@H](COS(N)(=O)=O)[C@@H](O)[C@H]3O)c3cc(F)ccc32)cccc1C(F)(F)F. The Morgan fingerprint density at radius 2 is 1.93 bits per heavy atom. The van der Waals surface area contributed by atoms with Gasteiger partial charge < -0.3 is 20.1 Å². The van der Waals surface area contributed by atoms with Crippen molar-refractivity contribution in [2.45, 2.75) is 44.3 Å². The van der Waals surface area contributed by atoms with Gasteiger partial charge >= 0.3 is 16.5 Å². The van der Waals surface area contributed by atoms with Crippen LogP contribution in [0.3, 0.4) is 0 Å². The average molecular weight is 638 g/mol. The number of hydrogen-bond donors (Lipinski definition) is 4. The lowest BCUT2D eigenvalue weighted by molar-refractivity contribution is -0.138. The van der Waals surface area contributed by atoms with Crippen molar-refractivity contribution in [2.24, 2.45) is 11.1 Å². The summed E-state index contributed by atoms with van der Waals surface area (Å²) in [4.78, 5) is 21.9. The summed E-state index contributed by atoms with van der Waals surface area (Å²) in [6, 6.07) is 6.67. The fourth-order valence-corrected chi connectivity index (χ4v) is 5.84. The van der Waals surface area contributed by atoms with Crippen LogP contribution in [0.25, 0.3) is 10.9 Å². The first-order chi connectivity index (χ1) is 20.6. The van der Waals surface area contributed by atoms with Crippen molar-refractivity contribution < 1.29 is 45.2 Å². The van der Waals surface area contributed by atoms with Gasteiger partial charge in [0.15, 0.2) is 5.78 Å². The molecule has 0 spiro atoms. The highest BCUT2D eigenvalue weighted by Gasteiger charge is 2.42. The van der Waals surface area contributed by atoms with Crippen molar-refractivity contribution in [3.05, 3.63) is 88.8 Å². The quantitative estimate of drug-likeness (QED) is 0.159. The van der Waals surface area contributed by atoms with E-state index in [0.29, 0.717) is 11.1 Å². The van der Waals surface area contributed by atoms with Gasteiger partial charge in [0.2, 0.25) is 0 Å². The Kier molecular flexibility index (Phi) is 8.48. The molecular formula is C28H27F4N5O6S. The summed E-state index contributed by atoms with van der Waals surface area (Å²) in [6.07, 6.45) is -3.55. The van der Waals surface area contributed by atoms with E-state index in [2.05, 4.69) is 19.5 Å². The highest BCUT2D eigenvalue weighted by atomic mass is 32.2. The lowest BCUT2D eigenvalue weighted by atomic mass is 10.0. The molecule has 2 heterocycles. The Morgan fingerprint density at radius 3 is 2.64 bits per heavy atom. The molecule has 44 heavy (non-hydrogen) atoms. The first-order valence-corrected chi connectivity index (χ1v) is 14.7. The number of carbonyl (C=O) groups is 1. The molecule has 0 unspecified atom stereocenters. The molecule has 0 radical (unpaired) electrons. The molecule has 0 saturated heterocycles. The number of rotatable bonds is 9. The molecule has 2 aromatic carbocycles. The minimum atomic E-state index is -4.56. The number of halogens is 4. The van der Waals surface area contributed by atoms with Crippen LogP contribution >= 0.6 is 0 Å². The Labute approximate surface area is 248 Å². The van der Waals surface area contributed by atoms with Crippen LogP contribution in [0.5, 0.6) is 0 Å². The molecular weight excluding hydrogens is 610 g/mol. The predicted molar refractivity (Wildman–Crippen MR) is 149 cm³/mol. The third-order valence-corrected chi connectivity index (χ3v) is 8.17. The van der Waals surface area contributed by atoms with Crippen molar-refractivity contribution in [1.29, 1.82) is 0 Å². The smallest absolute Gasteiger partial charge is 0.390 e. The highest BCUT2D eigenvalue weighted by Crippen LogP contribution is 2.35. The molecule has 11 nitrogen and oxygen atoms in total. The highest BCUT2D eigenvalue weighted by molar-refractivity contribution is 7.84. The van der Waals surface area contributed by atoms with Gasteiger partial charge in [-0.25, -0.2) is 19.5 Å². The van der Waals surface area contributed by atoms with Gasteiger partial charge in [-0.2, -0.15) is 21.6 Å². The first-order valence-electron chi connectivity index (χ1n) is 13.2. The molecule has 0 aliphatic heterocycles. The number of alkyl halides is 3. The van der Waals surface area contributed by atoms with Gasteiger partial charge in [0.1, 0.15) is 24.1 Å². The van der Waals surface area contributed by atoms with Gasteiger partial charge in [-0.1, -0.05) is 12.1 Å². The van der Waals surface area contributed by atoms with E-state index in [1.54, 1.807) is 4.57 Å². The van der Waals surface area contributed by atoms with E-state index in [1.807, 2.05) is 0 Å². The summed E-state index contributed by atoms with van der Waals surface area (Å²) in [7, 11) is -4.28. The van der Waals surface area contributed by atoms with Crippen molar-refractivity contribution in [3.63, 3.8) is 0 Å². The second-order valence-electron chi connectivity index (χ2n) is 10.5. The van der Waals surface area contributed by atoms with Gasteiger partial charge in [-0.15, -0.1) is 0 Å². The normalized spacial score (nSPS) is 20.7. The number of aliphatic hydroxyl groups excluding tert-OH is 2. The van der Waals surface area contributed by atoms with Crippen LogP contribution in [0, 0.1) is 18.7 Å². The number of nitrogens with one attached hydrogen (secondary N) is 1. The maximum atomic E-state index is 14.4. The fraction of sp³-hybridized carbons (Fsp3) is 0.321. The minimum Gasteiger partial charge on any atom is -0.390 e. The number of aliphatic hydroxyl groups is 2. The predicted octanol–water partition coefficient (Wildman–Crippen LogP) is 2.92. The van der Waals surface area contributed by atoms with E-state index in [4.69, 9.17) is 5.14 Å². The second-order valence-corrected chi connectivity index (χ2v) is 11.8. The van der Waals surface area contributed by atoms with Crippen molar-refractivity contribution in [2.75, 3.05) is 11.9 Å². The van der Waals surface area contributed by atoms with Gasteiger partial charge in [0.05, 0.1) is 29.9 Å². The summed E-state index contributed by atoms with van der Waals surface area (Å²) in [5.74, 6) is -2.13. The zero-order chi connectivity index (χ0) is 32.0. The third-order valence-electron chi connectivity index (χ3n) is 7.71. The van der Waals surface area contributed by atoms with E-state index < -0.39 is 64.4 Å². The van der Waals surface area contributed by atoms with Crippen LogP contribution in [-0.4, -0.2) is 63.8 Å². The summed E-state index contributed by atoms with van der Waals surface area (Å²) < 4.78 is 83.4. The van der Waals surface area contributed by atoms with E-state index in [9.17, 15) is 41.0 Å². The van der Waals surface area contributed by atoms with Crippen LogP contribution in [0.15, 0.2) is 55.1 Å². The number of hydrogen-bond acceptors (Lipinski definition) is 9. The Hall–Kier alpha value is -3.96. The topological polar surface area (TPSA) is 170 Å². The molecule has 5 N–H and O–H groups in total. The van der Waals surface area contributed by atoms with Crippen LogP contribution in [0.1, 0.15) is 39.0 Å². The zero-order valence-corrected chi connectivity index (χ0v) is 23.8. The molecule has 1 fully saturated rings. The van der Waals surface area contributed by atoms with Crippen LogP contribution < -0.4 is 10.5 Å². The molecule has 2 aromatic heterocycles. The van der Waals surface area contributed by atoms with Gasteiger partial charge in [-0.05, 0) is 48.7 Å². The molecule has 1 aliphatic carbocycles. The fourth-order valence-electron chi connectivity index (χ4n) is 5.47. The molecule has 0 bridgehead atoms. The third kappa shape index (κ3) is 6.44. The van der Waals surface area contributed by atoms with Gasteiger partial charge in [0, 0.05) is 41.3 Å². The molecule has 234 valence electrons. The Bertz CT molecular complexity index is 1830. The standard InChI is InChI=1S/C28H27F4N5O6S/c1-14-15(3-2-4-21(14)28(30,31)32)10-37-11-20(18-8-17(29)5-6-23(18)37)25(39)19-9-34-13-35-27(19)36-22-7-16(24(38)26(22)40)12-43-44(33,41)42/h2-6,8-9,11,13,16,22,24,26,38,40H,7,10,12H2,1H3,(H2,33,41,42)(H,34,35,36)/t16-,22-,24-,26+/m1/s1. The summed E-state index contributed by atoms with van der Waals surface area (Å²) in [6.45, 7) is 0.825. The lowest BCUT2D eigenvalue weighted by Crippen LogP contribution is -2.36. The second kappa shape index (κ2) is 11.9. The van der Waals surface area contributed by atoms with E-state index in [0.717, 1.165) is 18.5 Å². The maximum absolute atomic E-state index is 14.4. The lowest BCUT2D eigenvalue weighted by Gasteiger charge is -2.19. The summed E-state index contributed by atoms with van der Waals surface area (Å²) >= 11 is 0. The maximum Gasteiger partial charge on any atom is 0.416 e. The van der Waals surface area contributed by atoms with Crippen LogP contribution in [0.4, 0.5) is 23.4 Å². The molecule has 0 amide bonds. The molecule has 4 aromatic rings. The minimum absolute atomic E-state index is 0.0184. The number of ketones is 1. The van der Waals surface area contributed by atoms with Gasteiger partial charge in [-0.3, -0.25) is 8.98 Å². The van der Waals surface area contributed by atoms with E-state index >= 15 is 0 Å². The summed E-state index contributed by atoms with van der Waals surface area (Å²) in [5, 5.41) is 28.9. The average Bonchev–Trinajstić information content (AvgIpc) is 3.43. The van der Waals surface area contributed by atoms with Crippen molar-refractivity contribution in [3.8, 4) is 0 Å². The Morgan fingerprint density at radius 1 is 1.18 bits per heavy atom. The molecule has 1 aliphatic rings. The number of aromatic nitrogens is 3.